The van der Waals surface area contributed by atoms with Gasteiger partial charge in [0, 0.05) is 65.5 Å². The molecule has 8 aromatic carbocycles. The van der Waals surface area contributed by atoms with Gasteiger partial charge in [-0.3, -0.25) is 0 Å². The number of anilines is 9. The lowest BCUT2D eigenvalue weighted by atomic mass is 9.36. The van der Waals surface area contributed by atoms with Gasteiger partial charge in [0.1, 0.15) is 11.5 Å². The summed E-state index contributed by atoms with van der Waals surface area (Å²) in [4.78, 5) is 7.74. The molecular weight excluding hydrogens is 906 g/mol. The highest BCUT2D eigenvalue weighted by Gasteiger charge is 2.49. The van der Waals surface area contributed by atoms with E-state index in [1.807, 2.05) is 11.3 Å². The number of aryl methyl sites for hydroxylation is 2. The van der Waals surface area contributed by atoms with Gasteiger partial charge in [-0.2, -0.15) is 0 Å². The lowest BCUT2D eigenvalue weighted by molar-refractivity contribution is 0.332. The Bertz CT molecular complexity index is 3650. The highest BCUT2D eigenvalue weighted by molar-refractivity contribution is 7.33. The zero-order valence-electron chi connectivity index (χ0n) is 44.2. The zero-order valence-corrected chi connectivity index (χ0v) is 45.1. The summed E-state index contributed by atoms with van der Waals surface area (Å²) >= 11 is 2.00. The van der Waals surface area contributed by atoms with Crippen LogP contribution in [0.3, 0.4) is 0 Å². The highest BCUT2D eigenvalue weighted by atomic mass is 32.1. The molecule has 73 heavy (non-hydrogen) atoms. The van der Waals surface area contributed by atoms with E-state index < -0.39 is 0 Å². The molecule has 1 aromatic heterocycles. The molecule has 3 aliphatic heterocycles. The maximum absolute atomic E-state index is 7.10. The fraction of sp³-hybridized carbons (Fsp3) is 0.254. The molecule has 6 heteroatoms. The number of benzene rings is 8. The molecule has 9 aromatic rings. The molecule has 0 bridgehead atoms. The molecule has 362 valence electrons. The van der Waals surface area contributed by atoms with Crippen LogP contribution in [0.25, 0.3) is 10.1 Å². The zero-order chi connectivity index (χ0) is 50.5. The second-order valence-electron chi connectivity index (χ2n) is 24.2. The Kier molecular flexibility index (Phi) is 10.0. The van der Waals surface area contributed by atoms with Crippen molar-refractivity contribution < 1.29 is 4.74 Å². The molecule has 0 saturated carbocycles. The van der Waals surface area contributed by atoms with Crippen LogP contribution in [-0.2, 0) is 21.7 Å². The predicted octanol–water partition coefficient (Wildman–Crippen LogP) is 17.1. The number of nitrogens with zero attached hydrogens (tertiary/aromatic N) is 3. The van der Waals surface area contributed by atoms with Crippen LogP contribution in [0.4, 0.5) is 51.2 Å². The molecule has 0 saturated heterocycles. The van der Waals surface area contributed by atoms with Gasteiger partial charge in [0.05, 0.1) is 17.1 Å². The van der Waals surface area contributed by atoms with E-state index in [2.05, 4.69) is 255 Å². The summed E-state index contributed by atoms with van der Waals surface area (Å²) in [6.07, 6.45) is 2.32. The minimum absolute atomic E-state index is 0.0000648. The first-order valence-electron chi connectivity index (χ1n) is 26.3. The molecule has 0 amide bonds. The maximum Gasteiger partial charge on any atom is 0.264 e. The van der Waals surface area contributed by atoms with Gasteiger partial charge in [-0.1, -0.05) is 147 Å². The van der Waals surface area contributed by atoms with Crippen LogP contribution >= 0.6 is 11.3 Å². The van der Waals surface area contributed by atoms with E-state index in [9.17, 15) is 0 Å². The Hall–Kier alpha value is -7.02. The van der Waals surface area contributed by atoms with Crippen LogP contribution in [-0.4, -0.2) is 6.71 Å². The summed E-state index contributed by atoms with van der Waals surface area (Å²) in [5.74, 6) is 1.87. The number of rotatable bonds is 5. The number of hydrogen-bond acceptors (Lipinski definition) is 5. The molecule has 4 aliphatic rings. The largest absolute Gasteiger partial charge is 0.457 e. The van der Waals surface area contributed by atoms with Gasteiger partial charge in [-0.05, 0) is 161 Å². The van der Waals surface area contributed by atoms with Gasteiger partial charge in [0.2, 0.25) is 0 Å². The Morgan fingerprint density at radius 2 is 1.12 bits per heavy atom. The lowest BCUT2D eigenvalue weighted by Gasteiger charge is -2.46. The minimum atomic E-state index is -0.319. The third-order valence-electron chi connectivity index (χ3n) is 17.1. The fourth-order valence-electron chi connectivity index (χ4n) is 13.0. The average molecular weight is 970 g/mol. The summed E-state index contributed by atoms with van der Waals surface area (Å²) in [5, 5.41) is 1.33. The quantitative estimate of drug-likeness (QED) is 0.160. The molecule has 0 spiro atoms. The third kappa shape index (κ3) is 6.92. The number of hydrogen-bond donors (Lipinski definition) is 0. The summed E-state index contributed by atoms with van der Waals surface area (Å²) < 4.78 is 9.82. The van der Waals surface area contributed by atoms with Gasteiger partial charge in [0.25, 0.3) is 6.71 Å². The summed E-state index contributed by atoms with van der Waals surface area (Å²) in [5.41, 5.74) is 22.0. The van der Waals surface area contributed by atoms with Crippen molar-refractivity contribution in [2.24, 2.45) is 0 Å². The minimum Gasteiger partial charge on any atom is -0.457 e. The van der Waals surface area contributed by atoms with Crippen LogP contribution in [0.2, 0.25) is 0 Å². The monoisotopic (exact) mass is 969 g/mol. The van der Waals surface area contributed by atoms with Crippen LogP contribution in [0.1, 0.15) is 114 Å². The first kappa shape index (κ1) is 45.8. The SMILES string of the molecule is Cc1cccc(C)c1N1c2cc3c(cc2B2c4sc5cc6c(cc5c4N(c4ccc(C(C)(C)C)cc4)c4cc(N(c5ccccc5)c5ccccc5)cc1c42)C(C)(C)CCC6(C)C)Oc1ccccc1C3(C)C. The van der Waals surface area contributed by atoms with Crippen LogP contribution < -0.4 is 35.1 Å². The van der Waals surface area contributed by atoms with E-state index in [0.717, 1.165) is 40.7 Å². The molecule has 0 unspecified atom stereocenters. The van der Waals surface area contributed by atoms with Crippen LogP contribution in [0.15, 0.2) is 164 Å². The van der Waals surface area contributed by atoms with E-state index in [1.165, 1.54) is 99.6 Å². The molecule has 1 aliphatic carbocycles. The van der Waals surface area contributed by atoms with Crippen molar-refractivity contribution in [2.75, 3.05) is 14.7 Å². The van der Waals surface area contributed by atoms with E-state index in [-0.39, 0.29) is 28.4 Å². The van der Waals surface area contributed by atoms with Crippen LogP contribution in [0.5, 0.6) is 11.5 Å². The van der Waals surface area contributed by atoms with Gasteiger partial charge in [-0.15, -0.1) is 11.3 Å². The van der Waals surface area contributed by atoms with Crippen molar-refractivity contribution in [3.8, 4) is 11.5 Å². The van der Waals surface area contributed by atoms with Crippen molar-refractivity contribution in [3.05, 3.63) is 203 Å². The standard InChI is InChI=1S/C67H64BN3OS/c1-41-21-20-22-42(2)61(41)71-54-38-52-58(72-57-28-19-18-27-49(57)67(52,10)11)40-53(54)68-60-55(35-47(36-56(60)71)69(44-23-14-12-15-24-44)45-25-16-13-17-26-45)70(46-31-29-43(30-32-46)64(3,4)5)62-48-37-50-51(39-59(48)73-63(62)68)66(8,9)34-33-65(50,6)7/h12-32,35-40H,33-34H2,1-11H3. The van der Waals surface area contributed by atoms with Crippen molar-refractivity contribution in [3.63, 3.8) is 0 Å². The van der Waals surface area contributed by atoms with E-state index >= 15 is 0 Å². The van der Waals surface area contributed by atoms with Crippen LogP contribution in [0, 0.1) is 13.8 Å². The van der Waals surface area contributed by atoms with Crippen molar-refractivity contribution in [2.45, 2.75) is 111 Å². The normalized spacial score (nSPS) is 16.4. The molecule has 0 N–H and O–H groups in total. The van der Waals surface area contributed by atoms with E-state index in [0.29, 0.717) is 0 Å². The van der Waals surface area contributed by atoms with Crippen molar-refractivity contribution in [1.82, 2.24) is 0 Å². The first-order valence-corrected chi connectivity index (χ1v) is 27.1. The van der Waals surface area contributed by atoms with Crippen molar-refractivity contribution in [1.29, 1.82) is 0 Å². The summed E-state index contributed by atoms with van der Waals surface area (Å²) in [6.45, 7) is 26.0. The second-order valence-corrected chi connectivity index (χ2v) is 25.2. The Morgan fingerprint density at radius 1 is 0.534 bits per heavy atom. The fourth-order valence-corrected chi connectivity index (χ4v) is 14.3. The Labute approximate surface area is 437 Å². The van der Waals surface area contributed by atoms with Gasteiger partial charge >= 0.3 is 0 Å². The topological polar surface area (TPSA) is 19.0 Å². The lowest BCUT2D eigenvalue weighted by Crippen LogP contribution is -2.60. The second kappa shape index (κ2) is 16.0. The van der Waals surface area contributed by atoms with Gasteiger partial charge in [-0.25, -0.2) is 0 Å². The summed E-state index contributed by atoms with van der Waals surface area (Å²) in [6, 6.07) is 61.9. The molecule has 4 heterocycles. The predicted molar refractivity (Wildman–Crippen MR) is 313 cm³/mol. The van der Waals surface area contributed by atoms with Crippen molar-refractivity contribution >= 4 is 95.0 Å². The van der Waals surface area contributed by atoms with E-state index in [1.54, 1.807) is 0 Å². The Balaban J connectivity index is 1.20. The number of ether oxygens (including phenoxy) is 1. The molecule has 13 rings (SSSR count). The maximum atomic E-state index is 7.10. The number of para-hydroxylation sites is 4. The third-order valence-corrected chi connectivity index (χ3v) is 18.3. The number of fused-ring (bicyclic) bond motifs is 9. The van der Waals surface area contributed by atoms with E-state index in [4.69, 9.17) is 4.74 Å². The molecule has 0 fully saturated rings. The van der Waals surface area contributed by atoms with Gasteiger partial charge < -0.3 is 19.4 Å². The first-order chi connectivity index (χ1) is 34.9. The smallest absolute Gasteiger partial charge is 0.264 e. The molecular formula is C67H64BN3OS. The molecule has 0 atom stereocenters. The summed E-state index contributed by atoms with van der Waals surface area (Å²) in [7, 11) is 0. The number of thiophene rings is 1. The Morgan fingerprint density at radius 3 is 1.75 bits per heavy atom. The average Bonchev–Trinajstić information content (AvgIpc) is 3.75. The molecule has 0 radical (unpaired) electrons. The highest BCUT2D eigenvalue weighted by Crippen LogP contribution is 2.56. The molecule has 4 nitrogen and oxygen atoms in total. The van der Waals surface area contributed by atoms with Gasteiger partial charge in [0.15, 0.2) is 0 Å².